The summed E-state index contributed by atoms with van der Waals surface area (Å²) in [4.78, 5) is 12.7. The molecule has 0 aliphatic heterocycles. The lowest BCUT2D eigenvalue weighted by atomic mass is 10.2. The van der Waals surface area contributed by atoms with Crippen LogP contribution in [0.5, 0.6) is 0 Å². The van der Waals surface area contributed by atoms with Crippen molar-refractivity contribution >= 4 is 33.2 Å². The average Bonchev–Trinajstić information content (AvgIpc) is 2.86. The maximum absolute atomic E-state index is 11.9. The number of thiophene rings is 1. The van der Waals surface area contributed by atoms with E-state index in [-0.39, 0.29) is 11.9 Å². The van der Waals surface area contributed by atoms with Crippen molar-refractivity contribution in [3.63, 3.8) is 0 Å². The van der Waals surface area contributed by atoms with Gasteiger partial charge in [0.05, 0.1) is 6.10 Å². The minimum absolute atomic E-state index is 0.0172. The molecule has 16 heavy (non-hydrogen) atoms. The first kappa shape index (κ1) is 12.1. The fourth-order valence-corrected chi connectivity index (χ4v) is 3.45. The van der Waals surface area contributed by atoms with Crippen molar-refractivity contribution in [2.45, 2.75) is 31.4 Å². The summed E-state index contributed by atoms with van der Waals surface area (Å²) in [7, 11) is 1.73. The van der Waals surface area contributed by atoms with Crippen LogP contribution in [0.25, 0.3) is 0 Å². The van der Waals surface area contributed by atoms with Gasteiger partial charge in [-0.1, -0.05) is 0 Å². The molecule has 1 aliphatic rings. The van der Waals surface area contributed by atoms with E-state index < -0.39 is 0 Å². The molecule has 5 heteroatoms. The largest absolute Gasteiger partial charge is 0.381 e. The van der Waals surface area contributed by atoms with E-state index in [0.29, 0.717) is 6.10 Å². The third-order valence-electron chi connectivity index (χ3n) is 2.88. The van der Waals surface area contributed by atoms with Crippen LogP contribution in [0.2, 0.25) is 0 Å². The first-order valence-electron chi connectivity index (χ1n) is 5.27. The summed E-state index contributed by atoms with van der Waals surface area (Å²) in [6.07, 6.45) is 3.27. The Bertz CT molecular complexity index is 380. The van der Waals surface area contributed by atoms with Crippen LogP contribution in [0, 0.1) is 0 Å². The minimum atomic E-state index is 0.0172. The molecule has 0 saturated heterocycles. The van der Waals surface area contributed by atoms with Crippen molar-refractivity contribution < 1.29 is 9.53 Å². The first-order chi connectivity index (χ1) is 7.70. The number of carbonyl (C=O) groups excluding carboxylic acids is 1. The molecule has 0 spiro atoms. The number of hydrogen-bond donors (Lipinski definition) is 1. The molecule has 1 aromatic heterocycles. The van der Waals surface area contributed by atoms with Gasteiger partial charge in [-0.25, -0.2) is 0 Å². The second-order valence-electron chi connectivity index (χ2n) is 3.94. The lowest BCUT2D eigenvalue weighted by Crippen LogP contribution is -2.33. The SMILES string of the molecule is COC1CCC(NC(=O)c2sccc2Br)C1. The van der Waals surface area contributed by atoms with Gasteiger partial charge in [0.2, 0.25) is 0 Å². The molecule has 1 aliphatic carbocycles. The Balaban J connectivity index is 1.91. The number of ether oxygens (including phenoxy) is 1. The van der Waals surface area contributed by atoms with Crippen LogP contribution in [0.3, 0.4) is 0 Å². The molecule has 1 fully saturated rings. The molecule has 1 N–H and O–H groups in total. The van der Waals surface area contributed by atoms with Gasteiger partial charge < -0.3 is 10.1 Å². The fourth-order valence-electron chi connectivity index (χ4n) is 1.99. The fraction of sp³-hybridized carbons (Fsp3) is 0.545. The molecular weight excluding hydrogens is 290 g/mol. The van der Waals surface area contributed by atoms with Gasteiger partial charge in [0.25, 0.3) is 5.91 Å². The van der Waals surface area contributed by atoms with Crippen molar-refractivity contribution in [3.05, 3.63) is 20.8 Å². The number of halogens is 1. The molecule has 2 rings (SSSR count). The standard InChI is InChI=1S/C11H14BrNO2S/c1-15-8-3-2-7(6-8)13-11(14)10-9(12)4-5-16-10/h4-5,7-8H,2-3,6H2,1H3,(H,13,14). The predicted octanol–water partition coefficient (Wildman–Crippen LogP) is 2.81. The predicted molar refractivity (Wildman–Crippen MR) is 67.9 cm³/mol. The van der Waals surface area contributed by atoms with Crippen LogP contribution in [0.4, 0.5) is 0 Å². The smallest absolute Gasteiger partial charge is 0.262 e. The van der Waals surface area contributed by atoms with Crippen LogP contribution >= 0.6 is 27.3 Å². The van der Waals surface area contributed by atoms with Crippen molar-refractivity contribution in [3.8, 4) is 0 Å². The van der Waals surface area contributed by atoms with E-state index in [1.165, 1.54) is 11.3 Å². The van der Waals surface area contributed by atoms with E-state index >= 15 is 0 Å². The van der Waals surface area contributed by atoms with Gasteiger partial charge in [0.15, 0.2) is 0 Å². The van der Waals surface area contributed by atoms with Crippen molar-refractivity contribution in [1.29, 1.82) is 0 Å². The number of hydrogen-bond acceptors (Lipinski definition) is 3. The average molecular weight is 304 g/mol. The highest BCUT2D eigenvalue weighted by Gasteiger charge is 2.26. The van der Waals surface area contributed by atoms with Gasteiger partial charge in [-0.2, -0.15) is 0 Å². The lowest BCUT2D eigenvalue weighted by molar-refractivity contribution is 0.0918. The van der Waals surface area contributed by atoms with Gasteiger partial charge in [0, 0.05) is 17.6 Å². The maximum atomic E-state index is 11.9. The van der Waals surface area contributed by atoms with Crippen molar-refractivity contribution in [2.75, 3.05) is 7.11 Å². The molecular formula is C11H14BrNO2S. The molecule has 1 heterocycles. The highest BCUT2D eigenvalue weighted by atomic mass is 79.9. The van der Waals surface area contributed by atoms with E-state index in [4.69, 9.17) is 4.74 Å². The zero-order valence-electron chi connectivity index (χ0n) is 9.03. The van der Waals surface area contributed by atoms with E-state index in [1.807, 2.05) is 11.4 Å². The molecule has 0 aromatic carbocycles. The van der Waals surface area contributed by atoms with Crippen LogP contribution in [0.15, 0.2) is 15.9 Å². The quantitative estimate of drug-likeness (QED) is 0.932. The van der Waals surface area contributed by atoms with Crippen LogP contribution in [-0.2, 0) is 4.74 Å². The van der Waals surface area contributed by atoms with E-state index in [1.54, 1.807) is 7.11 Å². The number of carbonyl (C=O) groups is 1. The molecule has 1 saturated carbocycles. The molecule has 2 atom stereocenters. The Morgan fingerprint density at radius 2 is 2.44 bits per heavy atom. The number of amides is 1. The van der Waals surface area contributed by atoms with Crippen molar-refractivity contribution in [1.82, 2.24) is 5.32 Å². The Kier molecular flexibility index (Phi) is 4.00. The summed E-state index contributed by atoms with van der Waals surface area (Å²) in [6.45, 7) is 0. The summed E-state index contributed by atoms with van der Waals surface area (Å²) >= 11 is 4.82. The van der Waals surface area contributed by atoms with Gasteiger partial charge in [-0.15, -0.1) is 11.3 Å². The Morgan fingerprint density at radius 3 is 3.00 bits per heavy atom. The Labute approximate surface area is 107 Å². The van der Waals surface area contributed by atoms with Crippen LogP contribution in [-0.4, -0.2) is 25.2 Å². The second-order valence-corrected chi connectivity index (χ2v) is 5.71. The summed E-state index contributed by atoms with van der Waals surface area (Å²) in [5.41, 5.74) is 0. The molecule has 0 radical (unpaired) electrons. The number of nitrogens with one attached hydrogen (secondary N) is 1. The molecule has 88 valence electrons. The summed E-state index contributed by atoms with van der Waals surface area (Å²) in [5, 5.41) is 4.96. The highest BCUT2D eigenvalue weighted by molar-refractivity contribution is 9.10. The van der Waals surface area contributed by atoms with Crippen LogP contribution in [0.1, 0.15) is 28.9 Å². The molecule has 2 unspecified atom stereocenters. The molecule has 0 bridgehead atoms. The Morgan fingerprint density at radius 1 is 1.62 bits per heavy atom. The third kappa shape index (κ3) is 2.64. The normalized spacial score (nSPS) is 24.6. The van der Waals surface area contributed by atoms with Gasteiger partial charge in [-0.05, 0) is 46.6 Å². The monoisotopic (exact) mass is 303 g/mol. The molecule has 3 nitrogen and oxygen atoms in total. The second kappa shape index (κ2) is 5.29. The van der Waals surface area contributed by atoms with E-state index in [9.17, 15) is 4.79 Å². The van der Waals surface area contributed by atoms with Crippen LogP contribution < -0.4 is 5.32 Å². The Hall–Kier alpha value is -0.390. The zero-order chi connectivity index (χ0) is 11.5. The topological polar surface area (TPSA) is 38.3 Å². The van der Waals surface area contributed by atoms with Crippen molar-refractivity contribution in [2.24, 2.45) is 0 Å². The summed E-state index contributed by atoms with van der Waals surface area (Å²) < 4.78 is 6.15. The van der Waals surface area contributed by atoms with E-state index in [0.717, 1.165) is 28.6 Å². The molecule has 1 amide bonds. The molecule has 1 aromatic rings. The summed E-state index contributed by atoms with van der Waals surface area (Å²) in [6, 6.07) is 2.15. The number of rotatable bonds is 3. The van der Waals surface area contributed by atoms with Gasteiger partial charge >= 0.3 is 0 Å². The zero-order valence-corrected chi connectivity index (χ0v) is 11.4. The van der Waals surface area contributed by atoms with Gasteiger partial charge in [0.1, 0.15) is 4.88 Å². The third-order valence-corrected chi connectivity index (χ3v) is 4.71. The first-order valence-corrected chi connectivity index (χ1v) is 6.94. The van der Waals surface area contributed by atoms with Gasteiger partial charge in [-0.3, -0.25) is 4.79 Å². The minimum Gasteiger partial charge on any atom is -0.381 e. The summed E-state index contributed by atoms with van der Waals surface area (Å²) in [5.74, 6) is 0.0172. The van der Waals surface area contributed by atoms with E-state index in [2.05, 4.69) is 21.2 Å². The maximum Gasteiger partial charge on any atom is 0.262 e. The highest BCUT2D eigenvalue weighted by Crippen LogP contribution is 2.25. The number of methoxy groups -OCH3 is 1. The lowest BCUT2D eigenvalue weighted by Gasteiger charge is -2.12.